The van der Waals surface area contributed by atoms with E-state index in [1.807, 2.05) is 12.1 Å². The first-order valence-corrected chi connectivity index (χ1v) is 8.54. The van der Waals surface area contributed by atoms with Crippen LogP contribution in [0.2, 0.25) is 0 Å². The second-order valence-corrected chi connectivity index (χ2v) is 6.07. The summed E-state index contributed by atoms with van der Waals surface area (Å²) in [5, 5.41) is 18.2. The van der Waals surface area contributed by atoms with Crippen molar-refractivity contribution >= 4 is 16.9 Å². The summed E-state index contributed by atoms with van der Waals surface area (Å²) < 4.78 is 16.7. The van der Waals surface area contributed by atoms with Crippen molar-refractivity contribution in [1.29, 1.82) is 0 Å². The van der Waals surface area contributed by atoms with Gasteiger partial charge in [0.1, 0.15) is 17.9 Å². The second kappa shape index (κ2) is 7.47. The summed E-state index contributed by atoms with van der Waals surface area (Å²) in [5.41, 5.74) is 0.657. The highest BCUT2D eigenvalue weighted by atomic mass is 16.5. The number of nitrogens with zero attached hydrogens (tertiary/aromatic N) is 3. The molecule has 146 valence electrons. The van der Waals surface area contributed by atoms with E-state index in [0.717, 1.165) is 5.39 Å². The molecular formula is C20H15N3O6. The molecule has 0 atom stereocenters. The molecule has 0 amide bonds. The van der Waals surface area contributed by atoms with Crippen molar-refractivity contribution in [2.24, 2.45) is 0 Å². The first kappa shape index (κ1) is 18.2. The number of aromatic nitrogens is 3. The Morgan fingerprint density at radius 3 is 2.86 bits per heavy atom. The Morgan fingerprint density at radius 2 is 2.03 bits per heavy atom. The number of phenols is 1. The van der Waals surface area contributed by atoms with E-state index < -0.39 is 11.6 Å². The number of benzene rings is 2. The smallest absolute Gasteiger partial charge is 0.362 e. The number of hydrogen-bond donors (Lipinski definition) is 1. The number of carbonyl (C=O) groups is 1. The van der Waals surface area contributed by atoms with Gasteiger partial charge in [-0.2, -0.15) is 0 Å². The maximum atomic E-state index is 12.2. The first-order chi connectivity index (χ1) is 14.0. The van der Waals surface area contributed by atoms with Crippen LogP contribution < -0.4 is 10.4 Å². The highest BCUT2D eigenvalue weighted by Gasteiger charge is 2.14. The molecule has 29 heavy (non-hydrogen) atoms. The number of ether oxygens (including phenoxy) is 2. The van der Waals surface area contributed by atoms with E-state index in [2.05, 4.69) is 10.3 Å². The number of hydrogen-bond acceptors (Lipinski definition) is 8. The number of carbonyl (C=O) groups excluding carboxylic acids is 1. The fourth-order valence-electron chi connectivity index (χ4n) is 2.72. The quantitative estimate of drug-likeness (QED) is 0.406. The molecule has 0 saturated heterocycles. The molecule has 0 spiro atoms. The van der Waals surface area contributed by atoms with Gasteiger partial charge in [0.15, 0.2) is 17.2 Å². The maximum Gasteiger partial charge on any atom is 0.362 e. The van der Waals surface area contributed by atoms with Gasteiger partial charge in [0, 0.05) is 5.39 Å². The molecular weight excluding hydrogens is 378 g/mol. The standard InChI is InChI=1S/C20H15N3O6/c1-27-18-9-13(6-7-16(18)24)19(25)28-11-14-10-23(22-21-14)15-8-12-4-2-3-5-17(12)29-20(15)26/h2-10,24H,11H2,1H3. The average molecular weight is 393 g/mol. The molecule has 0 aliphatic carbocycles. The molecule has 2 heterocycles. The lowest BCUT2D eigenvalue weighted by molar-refractivity contribution is 0.0467. The Balaban J connectivity index is 1.51. The summed E-state index contributed by atoms with van der Waals surface area (Å²) in [7, 11) is 1.38. The molecule has 0 bridgehead atoms. The van der Waals surface area contributed by atoms with E-state index in [-0.39, 0.29) is 29.4 Å². The van der Waals surface area contributed by atoms with Crippen molar-refractivity contribution in [1.82, 2.24) is 15.0 Å². The summed E-state index contributed by atoms with van der Waals surface area (Å²) in [6, 6.07) is 12.9. The highest BCUT2D eigenvalue weighted by Crippen LogP contribution is 2.26. The van der Waals surface area contributed by atoms with Gasteiger partial charge in [0.25, 0.3) is 0 Å². The van der Waals surface area contributed by atoms with E-state index in [1.54, 1.807) is 18.2 Å². The van der Waals surface area contributed by atoms with Gasteiger partial charge in [-0.3, -0.25) is 0 Å². The lowest BCUT2D eigenvalue weighted by atomic mass is 10.2. The van der Waals surface area contributed by atoms with Gasteiger partial charge < -0.3 is 19.0 Å². The zero-order valence-electron chi connectivity index (χ0n) is 15.2. The molecule has 4 aromatic rings. The fraction of sp³-hybridized carbons (Fsp3) is 0.100. The number of para-hydroxylation sites is 1. The molecule has 1 N–H and O–H groups in total. The topological polar surface area (TPSA) is 117 Å². The third kappa shape index (κ3) is 3.65. The SMILES string of the molecule is COc1cc(C(=O)OCc2cn(-c3cc4ccccc4oc3=O)nn2)ccc1O. The third-order valence-electron chi connectivity index (χ3n) is 4.18. The summed E-state index contributed by atoms with van der Waals surface area (Å²) in [6.07, 6.45) is 1.48. The van der Waals surface area contributed by atoms with Gasteiger partial charge in [-0.15, -0.1) is 5.10 Å². The largest absolute Gasteiger partial charge is 0.504 e. The Morgan fingerprint density at radius 1 is 1.21 bits per heavy atom. The lowest BCUT2D eigenvalue weighted by Crippen LogP contribution is -2.10. The van der Waals surface area contributed by atoms with Gasteiger partial charge in [-0.05, 0) is 30.3 Å². The average Bonchev–Trinajstić information content (AvgIpc) is 3.20. The number of aromatic hydroxyl groups is 1. The Labute approximate surface area is 163 Å². The van der Waals surface area contributed by atoms with Crippen LogP contribution in [0.1, 0.15) is 16.1 Å². The molecule has 9 nitrogen and oxygen atoms in total. The van der Waals surface area contributed by atoms with Crippen molar-refractivity contribution in [2.45, 2.75) is 6.61 Å². The molecule has 4 rings (SSSR count). The highest BCUT2D eigenvalue weighted by molar-refractivity contribution is 5.90. The predicted molar refractivity (Wildman–Crippen MR) is 101 cm³/mol. The van der Waals surface area contributed by atoms with Crippen molar-refractivity contribution in [3.63, 3.8) is 0 Å². The number of methoxy groups -OCH3 is 1. The van der Waals surface area contributed by atoms with Crippen LogP contribution in [-0.2, 0) is 11.3 Å². The van der Waals surface area contributed by atoms with Crippen LogP contribution in [0.4, 0.5) is 0 Å². The molecule has 9 heteroatoms. The van der Waals surface area contributed by atoms with Crippen molar-refractivity contribution in [2.75, 3.05) is 7.11 Å². The summed E-state index contributed by atoms with van der Waals surface area (Å²) in [6.45, 7) is -0.152. The Hall–Kier alpha value is -4.14. The van der Waals surface area contributed by atoms with E-state index in [4.69, 9.17) is 13.9 Å². The molecule has 0 radical (unpaired) electrons. The molecule has 0 unspecified atom stereocenters. The molecule has 0 saturated carbocycles. The van der Waals surface area contributed by atoms with Gasteiger partial charge in [-0.1, -0.05) is 23.4 Å². The Kier molecular flexibility index (Phi) is 4.70. The fourth-order valence-corrected chi connectivity index (χ4v) is 2.72. The van der Waals surface area contributed by atoms with Crippen LogP contribution in [0.5, 0.6) is 11.5 Å². The van der Waals surface area contributed by atoms with E-state index in [1.165, 1.54) is 36.2 Å². The van der Waals surface area contributed by atoms with Crippen LogP contribution in [0.25, 0.3) is 16.7 Å². The van der Waals surface area contributed by atoms with Crippen molar-refractivity contribution in [3.05, 3.63) is 76.4 Å². The van der Waals surface area contributed by atoms with E-state index in [9.17, 15) is 14.7 Å². The summed E-state index contributed by atoms with van der Waals surface area (Å²) >= 11 is 0. The molecule has 2 aromatic heterocycles. The number of rotatable bonds is 5. The monoisotopic (exact) mass is 393 g/mol. The first-order valence-electron chi connectivity index (χ1n) is 8.54. The van der Waals surface area contributed by atoms with Crippen LogP contribution in [-0.4, -0.2) is 33.2 Å². The predicted octanol–water partition coefficient (Wildman–Crippen LogP) is 2.44. The molecule has 0 fully saturated rings. The normalized spacial score (nSPS) is 10.8. The zero-order valence-corrected chi connectivity index (χ0v) is 15.2. The molecule has 0 aliphatic rings. The minimum atomic E-state index is -0.622. The Bertz CT molecular complexity index is 1260. The van der Waals surface area contributed by atoms with Gasteiger partial charge in [0.2, 0.25) is 0 Å². The van der Waals surface area contributed by atoms with Crippen LogP contribution >= 0.6 is 0 Å². The lowest BCUT2D eigenvalue weighted by Gasteiger charge is -2.06. The van der Waals surface area contributed by atoms with Gasteiger partial charge >= 0.3 is 11.6 Å². The van der Waals surface area contributed by atoms with Crippen LogP contribution in [0, 0.1) is 0 Å². The van der Waals surface area contributed by atoms with E-state index >= 15 is 0 Å². The second-order valence-electron chi connectivity index (χ2n) is 6.07. The third-order valence-corrected chi connectivity index (χ3v) is 4.18. The van der Waals surface area contributed by atoms with Gasteiger partial charge in [0.05, 0.1) is 18.9 Å². The molecule has 2 aromatic carbocycles. The minimum absolute atomic E-state index is 0.0822. The maximum absolute atomic E-state index is 12.2. The van der Waals surface area contributed by atoms with Crippen molar-refractivity contribution < 1.29 is 23.8 Å². The molecule has 0 aliphatic heterocycles. The summed E-state index contributed by atoms with van der Waals surface area (Å²) in [5.74, 6) is -0.544. The van der Waals surface area contributed by atoms with E-state index in [0.29, 0.717) is 11.3 Å². The minimum Gasteiger partial charge on any atom is -0.504 e. The zero-order chi connectivity index (χ0) is 20.4. The number of phenolic OH excluding ortho intramolecular Hbond substituents is 1. The van der Waals surface area contributed by atoms with Crippen molar-refractivity contribution in [3.8, 4) is 17.2 Å². The van der Waals surface area contributed by atoms with Gasteiger partial charge in [-0.25, -0.2) is 14.3 Å². The van der Waals surface area contributed by atoms with Crippen LogP contribution in [0.3, 0.4) is 0 Å². The van der Waals surface area contributed by atoms with Crippen LogP contribution in [0.15, 0.2) is 63.9 Å². The number of esters is 1. The number of fused-ring (bicyclic) bond motifs is 1. The summed E-state index contributed by atoms with van der Waals surface area (Å²) in [4.78, 5) is 24.4.